The molecule has 4 N–H and O–H groups in total. The molecule has 0 spiro atoms. The van der Waals surface area contributed by atoms with Crippen molar-refractivity contribution in [2.24, 2.45) is 5.73 Å². The molecule has 2 aliphatic rings. The monoisotopic (exact) mass is 338 g/mol. The Morgan fingerprint density at radius 1 is 1.45 bits per heavy atom. The van der Waals surface area contributed by atoms with Crippen LogP contribution in [0.15, 0.2) is 0 Å². The summed E-state index contributed by atoms with van der Waals surface area (Å²) in [5.41, 5.74) is 7.52. The fraction of sp³-hybridized carbons (Fsp3) is 0.800. The van der Waals surface area contributed by atoms with Crippen LogP contribution in [0.3, 0.4) is 0 Å². The Balaban J connectivity index is 1.95. The van der Waals surface area contributed by atoms with Gasteiger partial charge >= 0.3 is 16.4 Å². The van der Waals surface area contributed by atoms with E-state index in [1.165, 1.54) is 4.90 Å². The smallest absolute Gasteiger partial charge is 0.330 e. The van der Waals surface area contributed by atoms with Crippen LogP contribution in [0.5, 0.6) is 0 Å². The number of amides is 3. The number of nitrogens with two attached hydrogens (primary N) is 1. The third-order valence-electron chi connectivity index (χ3n) is 3.42. The average molecular weight is 338 g/mol. The fourth-order valence-corrected chi connectivity index (χ4v) is 2.84. The first kappa shape index (κ1) is 16.9. The summed E-state index contributed by atoms with van der Waals surface area (Å²) in [6.07, 6.45) is 1.26. The largest absolute Gasteiger partial charge is 0.418 e. The molecule has 2 heterocycles. The normalized spacial score (nSPS) is 24.7. The Labute approximate surface area is 127 Å². The number of rotatable bonds is 7. The van der Waals surface area contributed by atoms with E-state index in [1.807, 2.05) is 0 Å². The zero-order valence-electron chi connectivity index (χ0n) is 11.7. The van der Waals surface area contributed by atoms with Crippen LogP contribution >= 0.6 is 0 Å². The van der Waals surface area contributed by atoms with Crippen LogP contribution in [0, 0.1) is 0 Å². The van der Waals surface area contributed by atoms with Gasteiger partial charge < -0.3 is 10.6 Å². The predicted molar refractivity (Wildman–Crippen MR) is 71.2 cm³/mol. The molecule has 0 aromatic heterocycles. The van der Waals surface area contributed by atoms with Crippen LogP contribution in [-0.2, 0) is 24.3 Å². The highest BCUT2D eigenvalue weighted by molar-refractivity contribution is 7.80. The number of hydroxylamine groups is 3. The summed E-state index contributed by atoms with van der Waals surface area (Å²) in [5.74, 6) is -0.502. The third-order valence-corrected chi connectivity index (χ3v) is 3.77. The average Bonchev–Trinajstić information content (AvgIpc) is 2.67. The van der Waals surface area contributed by atoms with Crippen molar-refractivity contribution in [2.75, 3.05) is 19.7 Å². The second-order valence-corrected chi connectivity index (χ2v) is 5.97. The van der Waals surface area contributed by atoms with Gasteiger partial charge in [0.25, 0.3) is 5.91 Å². The van der Waals surface area contributed by atoms with Crippen LogP contribution in [0.25, 0.3) is 0 Å². The summed E-state index contributed by atoms with van der Waals surface area (Å²) in [6, 6.07) is -2.10. The molecular weight excluding hydrogens is 320 g/mol. The summed E-state index contributed by atoms with van der Waals surface area (Å²) >= 11 is 0. The molecule has 0 unspecified atom stereocenters. The zero-order chi connectivity index (χ0) is 16.3. The molecule has 2 aliphatic heterocycles. The van der Waals surface area contributed by atoms with Crippen LogP contribution < -0.4 is 11.2 Å². The molecular formula is C10H18N4O7S. The first-order valence-electron chi connectivity index (χ1n) is 6.72. The molecule has 2 bridgehead atoms. The molecule has 0 aliphatic carbocycles. The Morgan fingerprint density at radius 3 is 2.82 bits per heavy atom. The molecule has 2 atom stereocenters. The topological polar surface area (TPSA) is 151 Å². The molecule has 22 heavy (non-hydrogen) atoms. The van der Waals surface area contributed by atoms with E-state index in [0.717, 1.165) is 0 Å². The first-order valence-corrected chi connectivity index (χ1v) is 8.08. The molecule has 3 amide bonds. The van der Waals surface area contributed by atoms with Gasteiger partial charge in [0.1, 0.15) is 6.04 Å². The Morgan fingerprint density at radius 2 is 2.18 bits per heavy atom. The Hall–Kier alpha value is -1.47. The van der Waals surface area contributed by atoms with Crippen molar-refractivity contribution in [1.82, 2.24) is 15.4 Å². The van der Waals surface area contributed by atoms with Crippen molar-refractivity contribution < 1.29 is 31.7 Å². The van der Waals surface area contributed by atoms with Crippen molar-refractivity contribution in [3.8, 4) is 0 Å². The van der Waals surface area contributed by atoms with Crippen molar-refractivity contribution in [1.29, 1.82) is 0 Å². The first-order chi connectivity index (χ1) is 10.3. The van der Waals surface area contributed by atoms with E-state index in [1.54, 1.807) is 0 Å². The zero-order valence-corrected chi connectivity index (χ0v) is 12.5. The van der Waals surface area contributed by atoms with Gasteiger partial charge in [0.15, 0.2) is 0 Å². The van der Waals surface area contributed by atoms with E-state index in [-0.39, 0.29) is 13.2 Å². The summed E-state index contributed by atoms with van der Waals surface area (Å²) < 4.78 is 34.4. The molecule has 2 fully saturated rings. The van der Waals surface area contributed by atoms with Crippen molar-refractivity contribution >= 4 is 22.3 Å². The van der Waals surface area contributed by atoms with Gasteiger partial charge in [-0.1, -0.05) is 0 Å². The minimum atomic E-state index is -4.80. The third kappa shape index (κ3) is 3.84. The maximum atomic E-state index is 12.1. The van der Waals surface area contributed by atoms with Gasteiger partial charge in [-0.05, 0) is 25.8 Å². The van der Waals surface area contributed by atoms with Crippen molar-refractivity contribution in [3.63, 3.8) is 0 Å². The highest BCUT2D eigenvalue weighted by Crippen LogP contribution is 2.30. The van der Waals surface area contributed by atoms with Gasteiger partial charge in [-0.25, -0.2) is 10.3 Å². The molecule has 2 rings (SSSR count). The molecule has 0 aromatic rings. The minimum Gasteiger partial charge on any atom is -0.330 e. The summed E-state index contributed by atoms with van der Waals surface area (Å²) in [6.45, 7) is 0.812. The SMILES string of the molecule is NCCCONC(=O)[C@@H]1CC[C@@H]2CN1C(=O)N2OS(=O)(=O)O. The lowest BCUT2D eigenvalue weighted by Crippen LogP contribution is -2.49. The number of carbonyl (C=O) groups is 2. The second kappa shape index (κ2) is 6.75. The Bertz CT molecular complexity index is 539. The Kier molecular flexibility index (Phi) is 5.18. The lowest BCUT2D eigenvalue weighted by Gasteiger charge is -2.28. The highest BCUT2D eigenvalue weighted by atomic mass is 32.3. The number of fused-ring (bicyclic) bond motifs is 2. The van der Waals surface area contributed by atoms with E-state index in [0.29, 0.717) is 30.9 Å². The summed E-state index contributed by atoms with van der Waals surface area (Å²) in [4.78, 5) is 30.2. The van der Waals surface area contributed by atoms with Crippen molar-refractivity contribution in [3.05, 3.63) is 0 Å². The maximum Gasteiger partial charge on any atom is 0.418 e. The van der Waals surface area contributed by atoms with E-state index in [4.69, 9.17) is 15.1 Å². The molecule has 11 nitrogen and oxygen atoms in total. The quantitative estimate of drug-likeness (QED) is 0.285. The molecule has 0 radical (unpaired) electrons. The second-order valence-electron chi connectivity index (χ2n) is 4.97. The van der Waals surface area contributed by atoms with E-state index in [9.17, 15) is 18.0 Å². The lowest BCUT2D eigenvalue weighted by atomic mass is 10.0. The van der Waals surface area contributed by atoms with Crippen LogP contribution in [0.1, 0.15) is 19.3 Å². The molecule has 0 aromatic carbocycles. The van der Waals surface area contributed by atoms with Crippen LogP contribution in [0.2, 0.25) is 0 Å². The number of piperidine rings is 1. The fourth-order valence-electron chi connectivity index (χ4n) is 2.45. The maximum absolute atomic E-state index is 12.1. The van der Waals surface area contributed by atoms with Crippen LogP contribution in [-0.4, -0.2) is 66.7 Å². The van der Waals surface area contributed by atoms with Gasteiger partial charge in [0, 0.05) is 6.54 Å². The van der Waals surface area contributed by atoms with Gasteiger partial charge in [-0.2, -0.15) is 13.5 Å². The van der Waals surface area contributed by atoms with Gasteiger partial charge in [-0.3, -0.25) is 14.2 Å². The number of nitrogens with zero attached hydrogens (tertiary/aromatic N) is 2. The molecule has 2 saturated heterocycles. The minimum absolute atomic E-state index is 0.134. The van der Waals surface area contributed by atoms with Gasteiger partial charge in [0.05, 0.1) is 12.6 Å². The van der Waals surface area contributed by atoms with Crippen molar-refractivity contribution in [2.45, 2.75) is 31.3 Å². The predicted octanol–water partition coefficient (Wildman–Crippen LogP) is -1.61. The van der Waals surface area contributed by atoms with E-state index in [2.05, 4.69) is 9.76 Å². The van der Waals surface area contributed by atoms with E-state index >= 15 is 0 Å². The summed E-state index contributed by atoms with van der Waals surface area (Å²) in [7, 11) is -4.80. The van der Waals surface area contributed by atoms with E-state index < -0.39 is 34.4 Å². The summed E-state index contributed by atoms with van der Waals surface area (Å²) in [5, 5.41) is 0.581. The molecule has 12 heteroatoms. The van der Waals surface area contributed by atoms with Crippen LogP contribution in [0.4, 0.5) is 4.79 Å². The number of nitrogens with one attached hydrogen (secondary N) is 1. The number of hydrogen-bond acceptors (Lipinski definition) is 7. The number of carbonyl (C=O) groups excluding carboxylic acids is 2. The number of hydrogen-bond donors (Lipinski definition) is 3. The number of urea groups is 1. The molecule has 126 valence electrons. The molecule has 0 saturated carbocycles. The highest BCUT2D eigenvalue weighted by Gasteiger charge is 2.49. The standard InChI is InChI=1S/C10H18N4O7S/c11-4-1-5-20-12-9(15)8-3-2-7-6-13(8)10(16)14(7)21-22(17,18)19/h7-8H,1-6,11H2,(H,12,15)(H,17,18,19)/t7-,8+/m1/s1. The van der Waals surface area contributed by atoms with Gasteiger partial charge in [0.2, 0.25) is 0 Å². The lowest BCUT2D eigenvalue weighted by molar-refractivity contribution is -0.138. The van der Waals surface area contributed by atoms with Gasteiger partial charge in [-0.15, -0.1) is 4.28 Å².